The number of carbonyl (C=O) groups excluding carboxylic acids is 1. The van der Waals surface area contributed by atoms with Crippen molar-refractivity contribution in [3.05, 3.63) is 11.6 Å². The van der Waals surface area contributed by atoms with Gasteiger partial charge in [0, 0.05) is 12.8 Å². The van der Waals surface area contributed by atoms with Gasteiger partial charge in [0.2, 0.25) is 0 Å². The lowest BCUT2D eigenvalue weighted by Gasteiger charge is -2.58. The van der Waals surface area contributed by atoms with E-state index >= 15 is 0 Å². The Labute approximate surface area is 264 Å². The summed E-state index contributed by atoms with van der Waals surface area (Å²) in [6, 6.07) is 0. The highest BCUT2D eigenvalue weighted by Gasteiger charge is 2.59. The van der Waals surface area contributed by atoms with Crippen molar-refractivity contribution in [2.75, 3.05) is 13.2 Å². The molecule has 2 N–H and O–H groups in total. The number of hydrogen-bond donors (Lipinski definition) is 2. The molecule has 0 radical (unpaired) electrons. The van der Waals surface area contributed by atoms with Crippen molar-refractivity contribution in [2.24, 2.45) is 46.3 Å². The normalized spacial score (nSPS) is 35.8. The number of allylic oxidation sites excluding steroid dienone is 1. The number of fused-ring (bicyclic) bond motifs is 5. The van der Waals surface area contributed by atoms with Crippen LogP contribution >= 0.6 is 8.60 Å². The van der Waals surface area contributed by atoms with E-state index in [9.17, 15) is 14.8 Å². The number of hydrogen-bond acceptors (Lipinski definition) is 6. The number of esters is 1. The molecule has 10 atom stereocenters. The van der Waals surface area contributed by atoms with Crippen LogP contribution in [-0.4, -0.2) is 41.4 Å². The average Bonchev–Trinajstić information content (AvgIpc) is 3.30. The number of rotatable bonds is 16. The van der Waals surface area contributed by atoms with Gasteiger partial charge >= 0.3 is 14.6 Å². The van der Waals surface area contributed by atoms with Crippen LogP contribution in [0, 0.1) is 46.3 Å². The van der Waals surface area contributed by atoms with Gasteiger partial charge in [-0.1, -0.05) is 65.5 Å². The van der Waals surface area contributed by atoms with Crippen LogP contribution in [-0.2, 0) is 18.6 Å². The SMILES string of the molecule is CCOP(O)OCCC(O)CCCC(=O)O[C@@H]1CC[C@]2(C)C(=CCC3C4CCC(C(C)CCCC(C)C)[C@]4(C)CCC32)C1. The van der Waals surface area contributed by atoms with Crippen LogP contribution in [0.5, 0.6) is 0 Å². The largest absolute Gasteiger partial charge is 0.462 e. The second-order valence-electron chi connectivity index (χ2n) is 15.5. The highest BCUT2D eigenvalue weighted by atomic mass is 31.2. The number of carbonyl (C=O) groups is 1. The predicted octanol–water partition coefficient (Wildman–Crippen LogP) is 9.13. The first kappa shape index (κ1) is 35.3. The summed E-state index contributed by atoms with van der Waals surface area (Å²) in [4.78, 5) is 22.2. The van der Waals surface area contributed by atoms with E-state index in [1.165, 1.54) is 51.4 Å². The van der Waals surface area contributed by atoms with E-state index in [1.807, 2.05) is 0 Å². The molecular weight excluding hydrogens is 559 g/mol. The molecule has 0 bridgehead atoms. The van der Waals surface area contributed by atoms with Crippen LogP contribution in [0.4, 0.5) is 0 Å². The molecule has 0 aromatic rings. The van der Waals surface area contributed by atoms with E-state index in [0.717, 1.165) is 54.8 Å². The van der Waals surface area contributed by atoms with E-state index in [-0.39, 0.29) is 24.1 Å². The zero-order valence-corrected chi connectivity index (χ0v) is 29.1. The summed E-state index contributed by atoms with van der Waals surface area (Å²) in [5, 5.41) is 10.2. The molecule has 0 aliphatic heterocycles. The third-order valence-corrected chi connectivity index (χ3v) is 13.3. The van der Waals surface area contributed by atoms with E-state index in [2.05, 4.69) is 40.7 Å². The van der Waals surface area contributed by atoms with E-state index < -0.39 is 14.7 Å². The van der Waals surface area contributed by atoms with Crippen LogP contribution in [0.25, 0.3) is 0 Å². The first-order valence-electron chi connectivity index (χ1n) is 17.8. The Morgan fingerprint density at radius 2 is 1.79 bits per heavy atom. The lowest BCUT2D eigenvalue weighted by atomic mass is 9.47. The molecule has 3 fully saturated rings. The molecule has 0 aromatic heterocycles. The third kappa shape index (κ3) is 8.64. The van der Waals surface area contributed by atoms with Crippen molar-refractivity contribution in [3.8, 4) is 0 Å². The topological polar surface area (TPSA) is 85.2 Å². The van der Waals surface area contributed by atoms with Crippen molar-refractivity contribution < 1.29 is 28.6 Å². The second-order valence-corrected chi connectivity index (χ2v) is 16.5. The van der Waals surface area contributed by atoms with Gasteiger partial charge in [-0.3, -0.25) is 4.79 Å². The molecule has 3 saturated carbocycles. The summed E-state index contributed by atoms with van der Waals surface area (Å²) < 4.78 is 16.1. The molecule has 7 heteroatoms. The maximum absolute atomic E-state index is 12.7. The minimum absolute atomic E-state index is 0.0135. The molecule has 4 rings (SSSR count). The Morgan fingerprint density at radius 3 is 2.53 bits per heavy atom. The van der Waals surface area contributed by atoms with E-state index in [0.29, 0.717) is 37.7 Å². The third-order valence-electron chi connectivity index (χ3n) is 12.4. The van der Waals surface area contributed by atoms with Gasteiger partial charge in [0.15, 0.2) is 0 Å². The van der Waals surface area contributed by atoms with Gasteiger partial charge in [-0.05, 0) is 117 Å². The second kappa shape index (κ2) is 15.9. The van der Waals surface area contributed by atoms with Gasteiger partial charge in [0.05, 0.1) is 19.3 Å². The summed E-state index contributed by atoms with van der Waals surface area (Å²) in [6.45, 7) is 14.9. The van der Waals surface area contributed by atoms with Gasteiger partial charge in [-0.2, -0.15) is 0 Å². The Morgan fingerprint density at radius 1 is 1.00 bits per heavy atom. The molecule has 4 aliphatic rings. The number of aliphatic hydroxyl groups excluding tert-OH is 1. The first-order valence-corrected chi connectivity index (χ1v) is 18.9. The molecule has 4 aliphatic carbocycles. The summed E-state index contributed by atoms with van der Waals surface area (Å²) in [5.74, 6) is 4.87. The Hall–Kier alpha value is -0.520. The molecule has 0 aromatic carbocycles. The summed E-state index contributed by atoms with van der Waals surface area (Å²) >= 11 is 0. The smallest absolute Gasteiger partial charge is 0.329 e. The van der Waals surface area contributed by atoms with Crippen LogP contribution in [0.2, 0.25) is 0 Å². The summed E-state index contributed by atoms with van der Waals surface area (Å²) in [6.07, 6.45) is 17.8. The van der Waals surface area contributed by atoms with Crippen molar-refractivity contribution in [2.45, 2.75) is 150 Å². The fourth-order valence-electron chi connectivity index (χ4n) is 10.0. The molecule has 7 unspecified atom stereocenters. The van der Waals surface area contributed by atoms with Crippen LogP contribution in [0.15, 0.2) is 11.6 Å². The van der Waals surface area contributed by atoms with Crippen molar-refractivity contribution in [1.29, 1.82) is 0 Å². The Balaban J connectivity index is 1.24. The summed E-state index contributed by atoms with van der Waals surface area (Å²) in [7, 11) is -1.86. The Bertz CT molecular complexity index is 923. The standard InChI is InChI=1S/C36H63O6P/c1-7-40-43(39)41-23-20-28(37)12-9-13-34(38)42-29-18-21-35(5)27(24-29)14-15-30-32-17-16-31(26(4)11-8-10-25(2)3)36(32,6)22-19-33(30)35/h14,25-26,28-33,37,39H,7-13,15-24H2,1-6H3/t26?,28?,29-,30?,31?,32?,33?,35-,36+,43?/m1/s1. The number of aliphatic hydroxyl groups is 1. The van der Waals surface area contributed by atoms with Crippen molar-refractivity contribution in [1.82, 2.24) is 0 Å². The molecule has 248 valence electrons. The molecule has 0 heterocycles. The molecule has 0 amide bonds. The monoisotopic (exact) mass is 622 g/mol. The molecule has 6 nitrogen and oxygen atoms in total. The zero-order valence-electron chi connectivity index (χ0n) is 28.2. The molecule has 43 heavy (non-hydrogen) atoms. The first-order chi connectivity index (χ1) is 20.5. The fraction of sp³-hybridized carbons (Fsp3) is 0.917. The summed E-state index contributed by atoms with van der Waals surface area (Å²) in [5.41, 5.74) is 2.33. The van der Waals surface area contributed by atoms with Gasteiger partial charge in [0.25, 0.3) is 0 Å². The van der Waals surface area contributed by atoms with E-state index in [4.69, 9.17) is 13.8 Å². The van der Waals surface area contributed by atoms with Crippen molar-refractivity contribution >= 4 is 14.6 Å². The van der Waals surface area contributed by atoms with Crippen LogP contribution < -0.4 is 0 Å². The highest BCUT2D eigenvalue weighted by Crippen LogP contribution is 2.67. The van der Waals surface area contributed by atoms with Gasteiger partial charge in [0.1, 0.15) is 6.10 Å². The lowest BCUT2D eigenvalue weighted by Crippen LogP contribution is -2.51. The van der Waals surface area contributed by atoms with Crippen LogP contribution in [0.1, 0.15) is 138 Å². The van der Waals surface area contributed by atoms with Crippen LogP contribution in [0.3, 0.4) is 0 Å². The maximum Gasteiger partial charge on any atom is 0.329 e. The quantitative estimate of drug-likeness (QED) is 0.101. The van der Waals surface area contributed by atoms with E-state index in [1.54, 1.807) is 12.5 Å². The minimum Gasteiger partial charge on any atom is -0.462 e. The molecular formula is C36H63O6P. The minimum atomic E-state index is -1.86. The average molecular weight is 623 g/mol. The fourth-order valence-corrected chi connectivity index (χ4v) is 10.6. The zero-order chi connectivity index (χ0) is 31.2. The molecule has 0 spiro atoms. The Kier molecular flexibility index (Phi) is 13.0. The lowest BCUT2D eigenvalue weighted by molar-refractivity contribution is -0.151. The maximum atomic E-state index is 12.7. The van der Waals surface area contributed by atoms with Gasteiger partial charge in [-0.25, -0.2) is 0 Å². The van der Waals surface area contributed by atoms with Gasteiger partial charge < -0.3 is 23.8 Å². The van der Waals surface area contributed by atoms with Crippen molar-refractivity contribution in [3.63, 3.8) is 0 Å². The molecule has 0 saturated heterocycles. The number of ether oxygens (including phenoxy) is 1. The highest BCUT2D eigenvalue weighted by molar-refractivity contribution is 7.40. The van der Waals surface area contributed by atoms with Gasteiger partial charge in [-0.15, -0.1) is 0 Å². The predicted molar refractivity (Wildman–Crippen MR) is 174 cm³/mol.